The molecule has 0 aliphatic carbocycles. The van der Waals surface area contributed by atoms with Gasteiger partial charge in [0.2, 0.25) is 0 Å². The third-order valence-electron chi connectivity index (χ3n) is 3.81. The topological polar surface area (TPSA) is 32.7 Å². The number of ether oxygens (including phenoxy) is 1. The summed E-state index contributed by atoms with van der Waals surface area (Å²) in [4.78, 5) is 2.35. The molecule has 2 atom stereocenters. The van der Waals surface area contributed by atoms with Crippen molar-refractivity contribution in [1.29, 1.82) is 0 Å². The van der Waals surface area contributed by atoms with Gasteiger partial charge in [0, 0.05) is 19.7 Å². The number of β-amino-alcohol motifs (C(OH)–C–C–N with tert-alkyl or cyclic N) is 1. The van der Waals surface area contributed by atoms with Gasteiger partial charge < -0.3 is 9.84 Å². The van der Waals surface area contributed by atoms with Crippen LogP contribution in [0.1, 0.15) is 47.0 Å². The number of likely N-dealkylation sites (tertiary alicyclic amines) is 1. The van der Waals surface area contributed by atoms with Gasteiger partial charge in [0.15, 0.2) is 0 Å². The zero-order valence-electron chi connectivity index (χ0n) is 11.9. The SMILES string of the molecule is CCCOC1CCCN(CC(C)(O)C(C)C)C1. The minimum Gasteiger partial charge on any atom is -0.389 e. The minimum atomic E-state index is -0.591. The molecule has 0 aromatic rings. The lowest BCUT2D eigenvalue weighted by Gasteiger charge is -2.38. The van der Waals surface area contributed by atoms with E-state index in [1.165, 1.54) is 12.8 Å². The molecule has 1 saturated heterocycles. The lowest BCUT2D eigenvalue weighted by atomic mass is 9.91. The van der Waals surface area contributed by atoms with Crippen molar-refractivity contribution < 1.29 is 9.84 Å². The van der Waals surface area contributed by atoms with E-state index in [1.54, 1.807) is 0 Å². The van der Waals surface area contributed by atoms with Crippen molar-refractivity contribution in [2.75, 3.05) is 26.2 Å². The molecule has 102 valence electrons. The molecule has 1 rings (SSSR count). The molecular formula is C14H29NO2. The number of hydrogen-bond donors (Lipinski definition) is 1. The smallest absolute Gasteiger partial charge is 0.0768 e. The average molecular weight is 243 g/mol. The highest BCUT2D eigenvalue weighted by Crippen LogP contribution is 2.21. The van der Waals surface area contributed by atoms with Crippen LogP contribution in [0.5, 0.6) is 0 Å². The molecule has 1 aliphatic rings. The van der Waals surface area contributed by atoms with E-state index >= 15 is 0 Å². The number of nitrogens with zero attached hydrogens (tertiary/aromatic N) is 1. The Bertz CT molecular complexity index is 216. The Morgan fingerprint density at radius 2 is 2.18 bits per heavy atom. The molecule has 3 heteroatoms. The highest BCUT2D eigenvalue weighted by molar-refractivity contribution is 4.84. The lowest BCUT2D eigenvalue weighted by Crippen LogP contribution is -2.49. The Kier molecular flexibility index (Phi) is 5.90. The standard InChI is InChI=1S/C14H29NO2/c1-5-9-17-13-7-6-8-15(10-13)11-14(4,16)12(2)3/h12-13,16H,5-11H2,1-4H3. The van der Waals surface area contributed by atoms with Crippen LogP contribution in [0, 0.1) is 5.92 Å². The van der Waals surface area contributed by atoms with Crippen molar-refractivity contribution in [3.63, 3.8) is 0 Å². The van der Waals surface area contributed by atoms with Gasteiger partial charge in [-0.05, 0) is 38.6 Å². The Balaban J connectivity index is 2.39. The largest absolute Gasteiger partial charge is 0.389 e. The molecule has 0 spiro atoms. The molecule has 0 aromatic carbocycles. The molecule has 0 radical (unpaired) electrons. The van der Waals surface area contributed by atoms with E-state index in [9.17, 15) is 5.11 Å². The second-order valence-corrected chi connectivity index (χ2v) is 5.88. The summed E-state index contributed by atoms with van der Waals surface area (Å²) in [7, 11) is 0. The van der Waals surface area contributed by atoms with Crippen LogP contribution in [-0.4, -0.2) is 48.0 Å². The van der Waals surface area contributed by atoms with Crippen LogP contribution >= 0.6 is 0 Å². The van der Waals surface area contributed by atoms with Crippen molar-refractivity contribution in [3.8, 4) is 0 Å². The van der Waals surface area contributed by atoms with Gasteiger partial charge in [-0.3, -0.25) is 4.90 Å². The molecule has 1 aliphatic heterocycles. The van der Waals surface area contributed by atoms with Crippen molar-refractivity contribution in [3.05, 3.63) is 0 Å². The van der Waals surface area contributed by atoms with Gasteiger partial charge in [0.1, 0.15) is 0 Å². The van der Waals surface area contributed by atoms with Gasteiger partial charge in [-0.2, -0.15) is 0 Å². The summed E-state index contributed by atoms with van der Waals surface area (Å²) in [6, 6.07) is 0. The normalized spacial score (nSPS) is 26.1. The average Bonchev–Trinajstić information content (AvgIpc) is 2.26. The van der Waals surface area contributed by atoms with Gasteiger partial charge in [0.05, 0.1) is 11.7 Å². The molecule has 1 N–H and O–H groups in total. The van der Waals surface area contributed by atoms with Crippen molar-refractivity contribution >= 4 is 0 Å². The van der Waals surface area contributed by atoms with Gasteiger partial charge in [0.25, 0.3) is 0 Å². The predicted octanol–water partition coefficient (Wildman–Crippen LogP) is 2.28. The Hall–Kier alpha value is -0.120. The highest BCUT2D eigenvalue weighted by Gasteiger charge is 2.30. The molecule has 0 amide bonds. The molecule has 17 heavy (non-hydrogen) atoms. The fraction of sp³-hybridized carbons (Fsp3) is 1.00. The second kappa shape index (κ2) is 6.72. The molecule has 0 aromatic heterocycles. The minimum absolute atomic E-state index is 0.291. The summed E-state index contributed by atoms with van der Waals surface area (Å²) < 4.78 is 5.81. The molecule has 1 fully saturated rings. The van der Waals surface area contributed by atoms with E-state index in [2.05, 4.69) is 25.7 Å². The van der Waals surface area contributed by atoms with Crippen LogP contribution in [-0.2, 0) is 4.74 Å². The Morgan fingerprint density at radius 1 is 1.47 bits per heavy atom. The van der Waals surface area contributed by atoms with Crippen molar-refractivity contribution in [1.82, 2.24) is 4.90 Å². The van der Waals surface area contributed by atoms with Crippen molar-refractivity contribution in [2.45, 2.75) is 58.7 Å². The summed E-state index contributed by atoms with van der Waals surface area (Å²) in [5, 5.41) is 10.3. The summed E-state index contributed by atoms with van der Waals surface area (Å²) >= 11 is 0. The van der Waals surface area contributed by atoms with Crippen LogP contribution in [0.25, 0.3) is 0 Å². The first-order chi connectivity index (χ1) is 7.95. The zero-order valence-corrected chi connectivity index (χ0v) is 11.9. The second-order valence-electron chi connectivity index (χ2n) is 5.88. The summed E-state index contributed by atoms with van der Waals surface area (Å²) in [5.41, 5.74) is -0.591. The van der Waals surface area contributed by atoms with Crippen LogP contribution in [0.2, 0.25) is 0 Å². The first-order valence-electron chi connectivity index (χ1n) is 7.02. The Labute approximate surface area is 106 Å². The summed E-state index contributed by atoms with van der Waals surface area (Å²) in [5.74, 6) is 0.291. The maximum atomic E-state index is 10.3. The third-order valence-corrected chi connectivity index (χ3v) is 3.81. The Morgan fingerprint density at radius 3 is 2.76 bits per heavy atom. The number of piperidine rings is 1. The van der Waals surface area contributed by atoms with E-state index in [4.69, 9.17) is 4.74 Å². The molecule has 0 saturated carbocycles. The third kappa shape index (κ3) is 4.94. The van der Waals surface area contributed by atoms with E-state index in [0.29, 0.717) is 12.0 Å². The quantitative estimate of drug-likeness (QED) is 0.777. The maximum Gasteiger partial charge on any atom is 0.0768 e. The summed E-state index contributed by atoms with van der Waals surface area (Å²) in [6.07, 6.45) is 3.80. The van der Waals surface area contributed by atoms with Crippen molar-refractivity contribution in [2.24, 2.45) is 5.92 Å². The van der Waals surface area contributed by atoms with Crippen LogP contribution in [0.15, 0.2) is 0 Å². The first kappa shape index (κ1) is 14.9. The number of aliphatic hydroxyl groups is 1. The molecule has 0 bridgehead atoms. The highest BCUT2D eigenvalue weighted by atomic mass is 16.5. The summed E-state index contributed by atoms with van der Waals surface area (Å²) in [6.45, 7) is 11.9. The van der Waals surface area contributed by atoms with Gasteiger partial charge in [-0.1, -0.05) is 20.8 Å². The van der Waals surface area contributed by atoms with E-state index in [1.807, 2.05) is 6.92 Å². The zero-order chi connectivity index (χ0) is 12.9. The molecule has 1 heterocycles. The van der Waals surface area contributed by atoms with Gasteiger partial charge in [-0.15, -0.1) is 0 Å². The monoisotopic (exact) mass is 243 g/mol. The van der Waals surface area contributed by atoms with Crippen LogP contribution in [0.3, 0.4) is 0 Å². The number of rotatable bonds is 6. The lowest BCUT2D eigenvalue weighted by molar-refractivity contribution is -0.0519. The van der Waals surface area contributed by atoms with E-state index in [-0.39, 0.29) is 0 Å². The first-order valence-corrected chi connectivity index (χ1v) is 7.02. The molecule has 2 unspecified atom stereocenters. The van der Waals surface area contributed by atoms with Crippen LogP contribution < -0.4 is 0 Å². The fourth-order valence-corrected chi connectivity index (χ4v) is 2.21. The number of hydrogen-bond acceptors (Lipinski definition) is 3. The van der Waals surface area contributed by atoms with E-state index in [0.717, 1.165) is 32.7 Å². The van der Waals surface area contributed by atoms with Gasteiger partial charge >= 0.3 is 0 Å². The molecular weight excluding hydrogens is 214 g/mol. The maximum absolute atomic E-state index is 10.3. The van der Waals surface area contributed by atoms with Gasteiger partial charge in [-0.25, -0.2) is 0 Å². The van der Waals surface area contributed by atoms with E-state index < -0.39 is 5.60 Å². The molecule has 3 nitrogen and oxygen atoms in total. The van der Waals surface area contributed by atoms with Crippen LogP contribution in [0.4, 0.5) is 0 Å². The fourth-order valence-electron chi connectivity index (χ4n) is 2.21. The predicted molar refractivity (Wildman–Crippen MR) is 71.2 cm³/mol.